The van der Waals surface area contributed by atoms with Crippen LogP contribution < -0.4 is 16.8 Å². The van der Waals surface area contributed by atoms with Gasteiger partial charge in [-0.3, -0.25) is 9.59 Å². The van der Waals surface area contributed by atoms with Crippen molar-refractivity contribution in [2.24, 2.45) is 16.9 Å². The van der Waals surface area contributed by atoms with Gasteiger partial charge in [0.15, 0.2) is 0 Å². The first kappa shape index (κ1) is 11.9. The van der Waals surface area contributed by atoms with Gasteiger partial charge in [-0.25, -0.2) is 0 Å². The zero-order chi connectivity index (χ0) is 10.5. The van der Waals surface area contributed by atoms with Crippen LogP contribution in [0.2, 0.25) is 0 Å². The van der Waals surface area contributed by atoms with Gasteiger partial charge in [0, 0.05) is 19.5 Å². The highest BCUT2D eigenvalue weighted by molar-refractivity contribution is 5.82. The van der Waals surface area contributed by atoms with Gasteiger partial charge >= 0.3 is 0 Å². The number of carbonyl (C=O) groups excluding carboxylic acids is 2. The molecule has 76 valence electrons. The fourth-order valence-corrected chi connectivity index (χ4v) is 0.626. The Hall–Kier alpha value is -1.10. The quantitative estimate of drug-likeness (QED) is 0.513. The topological polar surface area (TPSA) is 98.2 Å². The largest absolute Gasteiger partial charge is 0.369 e. The van der Waals surface area contributed by atoms with Crippen LogP contribution in [-0.2, 0) is 9.59 Å². The molecule has 0 atom stereocenters. The van der Waals surface area contributed by atoms with Gasteiger partial charge in [-0.15, -0.1) is 0 Å². The molecule has 0 spiro atoms. The number of rotatable bonds is 5. The maximum Gasteiger partial charge on any atom is 0.224 e. The van der Waals surface area contributed by atoms with Crippen LogP contribution in [0.3, 0.4) is 0 Å². The van der Waals surface area contributed by atoms with Crippen LogP contribution in [0.1, 0.15) is 20.3 Å². The molecule has 2 amide bonds. The fraction of sp³-hybridized carbons (Fsp3) is 0.750. The molecule has 0 aliphatic heterocycles. The average molecular weight is 187 g/mol. The predicted octanol–water partition coefficient (Wildman–Crippen LogP) is -1.04. The van der Waals surface area contributed by atoms with Gasteiger partial charge in [-0.05, 0) is 13.8 Å². The molecule has 0 rings (SSSR count). The molecular formula is C8H17N3O2. The van der Waals surface area contributed by atoms with Crippen molar-refractivity contribution in [3.63, 3.8) is 0 Å². The molecule has 0 aromatic carbocycles. The van der Waals surface area contributed by atoms with Gasteiger partial charge < -0.3 is 16.8 Å². The Morgan fingerprint density at radius 2 is 1.92 bits per heavy atom. The minimum Gasteiger partial charge on any atom is -0.369 e. The second-order valence-corrected chi connectivity index (χ2v) is 3.56. The van der Waals surface area contributed by atoms with Crippen LogP contribution in [0.15, 0.2) is 0 Å². The van der Waals surface area contributed by atoms with Crippen LogP contribution in [0.25, 0.3) is 0 Å². The number of nitrogens with one attached hydrogen (secondary N) is 1. The van der Waals surface area contributed by atoms with Gasteiger partial charge in [-0.1, -0.05) is 0 Å². The van der Waals surface area contributed by atoms with Crippen molar-refractivity contribution in [3.05, 3.63) is 0 Å². The van der Waals surface area contributed by atoms with Crippen LogP contribution in [0.5, 0.6) is 0 Å². The summed E-state index contributed by atoms with van der Waals surface area (Å²) in [4.78, 5) is 21.8. The predicted molar refractivity (Wildman–Crippen MR) is 49.7 cm³/mol. The first-order valence-electron chi connectivity index (χ1n) is 4.17. The van der Waals surface area contributed by atoms with E-state index in [1.165, 1.54) is 0 Å². The molecule has 0 fully saturated rings. The van der Waals surface area contributed by atoms with Crippen molar-refractivity contribution in [2.45, 2.75) is 20.3 Å². The number of hydrogen-bond donors (Lipinski definition) is 3. The second-order valence-electron chi connectivity index (χ2n) is 3.56. The normalized spacial score (nSPS) is 11.0. The molecule has 0 heterocycles. The van der Waals surface area contributed by atoms with Crippen molar-refractivity contribution in [1.82, 2.24) is 5.32 Å². The van der Waals surface area contributed by atoms with Crippen molar-refractivity contribution in [2.75, 3.05) is 13.1 Å². The Kier molecular flexibility index (Phi) is 4.40. The molecule has 0 bridgehead atoms. The third kappa shape index (κ3) is 4.47. The summed E-state index contributed by atoms with van der Waals surface area (Å²) in [5.41, 5.74) is 9.59. The van der Waals surface area contributed by atoms with Gasteiger partial charge in [0.1, 0.15) is 0 Å². The molecule has 0 saturated heterocycles. The number of hydrogen-bond acceptors (Lipinski definition) is 3. The van der Waals surface area contributed by atoms with E-state index in [0.29, 0.717) is 6.54 Å². The van der Waals surface area contributed by atoms with E-state index in [0.717, 1.165) is 0 Å². The van der Waals surface area contributed by atoms with Crippen molar-refractivity contribution in [1.29, 1.82) is 0 Å². The highest BCUT2D eigenvalue weighted by Gasteiger charge is 2.25. The standard InChI is InChI=1S/C8H17N3O2/c1-8(2,7(10)13)5-11-6(12)3-4-9/h3-5,9H2,1-2H3,(H2,10,13)(H,11,12). The van der Waals surface area contributed by atoms with Crippen LogP contribution in [0.4, 0.5) is 0 Å². The van der Waals surface area contributed by atoms with Crippen molar-refractivity contribution >= 4 is 11.8 Å². The van der Waals surface area contributed by atoms with Crippen LogP contribution in [-0.4, -0.2) is 24.9 Å². The lowest BCUT2D eigenvalue weighted by Crippen LogP contribution is -2.42. The molecule has 0 aromatic heterocycles. The Balaban J connectivity index is 3.88. The minimum absolute atomic E-state index is 0.156. The Morgan fingerprint density at radius 1 is 1.38 bits per heavy atom. The SMILES string of the molecule is CC(C)(CNC(=O)CCN)C(N)=O. The average Bonchev–Trinajstić information content (AvgIpc) is 2.01. The molecule has 0 aliphatic rings. The van der Waals surface area contributed by atoms with E-state index in [1.807, 2.05) is 0 Å². The summed E-state index contributed by atoms with van der Waals surface area (Å²) >= 11 is 0. The molecule has 5 heteroatoms. The first-order chi connectivity index (χ1) is 5.90. The number of primary amides is 1. The summed E-state index contributed by atoms with van der Waals surface area (Å²) in [6.07, 6.45) is 0.273. The molecule has 5 nitrogen and oxygen atoms in total. The van der Waals surface area contributed by atoms with Crippen LogP contribution >= 0.6 is 0 Å². The lowest BCUT2D eigenvalue weighted by Gasteiger charge is -2.20. The lowest BCUT2D eigenvalue weighted by atomic mass is 9.93. The molecule has 0 radical (unpaired) electrons. The van der Waals surface area contributed by atoms with Gasteiger partial charge in [0.25, 0.3) is 0 Å². The van der Waals surface area contributed by atoms with Crippen LogP contribution in [0, 0.1) is 5.41 Å². The van der Waals surface area contributed by atoms with E-state index in [9.17, 15) is 9.59 Å². The maximum absolute atomic E-state index is 11.0. The van der Waals surface area contributed by atoms with Crippen molar-refractivity contribution < 1.29 is 9.59 Å². The Bertz CT molecular complexity index is 202. The van der Waals surface area contributed by atoms with E-state index in [1.54, 1.807) is 13.8 Å². The van der Waals surface area contributed by atoms with Gasteiger partial charge in [-0.2, -0.15) is 0 Å². The van der Waals surface area contributed by atoms with Gasteiger partial charge in [0.05, 0.1) is 5.41 Å². The molecule has 0 unspecified atom stereocenters. The third-order valence-corrected chi connectivity index (χ3v) is 1.77. The van der Waals surface area contributed by atoms with E-state index < -0.39 is 11.3 Å². The lowest BCUT2D eigenvalue weighted by molar-refractivity contribution is -0.127. The number of nitrogens with two attached hydrogens (primary N) is 2. The molecular weight excluding hydrogens is 170 g/mol. The molecule has 0 saturated carbocycles. The Labute approximate surface area is 77.8 Å². The summed E-state index contributed by atoms with van der Waals surface area (Å²) in [5.74, 6) is -0.586. The molecule has 5 N–H and O–H groups in total. The summed E-state index contributed by atoms with van der Waals surface area (Å²) < 4.78 is 0. The maximum atomic E-state index is 11.0. The van der Waals surface area contributed by atoms with Crippen molar-refractivity contribution in [3.8, 4) is 0 Å². The molecule has 13 heavy (non-hydrogen) atoms. The first-order valence-corrected chi connectivity index (χ1v) is 4.17. The smallest absolute Gasteiger partial charge is 0.224 e. The van der Waals surface area contributed by atoms with Gasteiger partial charge in [0.2, 0.25) is 11.8 Å². The summed E-state index contributed by atoms with van der Waals surface area (Å²) in [6, 6.07) is 0. The number of amides is 2. The zero-order valence-corrected chi connectivity index (χ0v) is 8.09. The fourth-order valence-electron chi connectivity index (χ4n) is 0.626. The third-order valence-electron chi connectivity index (χ3n) is 1.77. The monoisotopic (exact) mass is 187 g/mol. The highest BCUT2D eigenvalue weighted by atomic mass is 16.2. The second kappa shape index (κ2) is 4.81. The van der Waals surface area contributed by atoms with E-state index >= 15 is 0 Å². The highest BCUT2D eigenvalue weighted by Crippen LogP contribution is 2.11. The zero-order valence-electron chi connectivity index (χ0n) is 8.09. The summed E-state index contributed by atoms with van der Waals surface area (Å²) in [6.45, 7) is 3.92. The summed E-state index contributed by atoms with van der Waals surface area (Å²) in [7, 11) is 0. The number of carbonyl (C=O) groups is 2. The van der Waals surface area contributed by atoms with E-state index in [2.05, 4.69) is 5.32 Å². The minimum atomic E-state index is -0.704. The molecule has 0 aliphatic carbocycles. The molecule has 0 aromatic rings. The Morgan fingerprint density at radius 3 is 2.31 bits per heavy atom. The van der Waals surface area contributed by atoms with E-state index in [4.69, 9.17) is 11.5 Å². The van der Waals surface area contributed by atoms with E-state index in [-0.39, 0.29) is 18.9 Å². The summed E-state index contributed by atoms with van der Waals surface area (Å²) in [5, 5.41) is 2.59.